The van der Waals surface area contributed by atoms with Crippen LogP contribution in [0.3, 0.4) is 0 Å². The highest BCUT2D eigenvalue weighted by molar-refractivity contribution is 6.34. The molecule has 0 aliphatic carbocycles. The van der Waals surface area contributed by atoms with Crippen LogP contribution in [0.4, 0.5) is 8.78 Å². The molecule has 0 saturated heterocycles. The molecule has 0 amide bonds. The zero-order valence-corrected chi connectivity index (χ0v) is 30.6. The number of aromatic hydroxyl groups is 1. The normalized spacial score (nSPS) is 14.2. The third kappa shape index (κ3) is 8.60. The fourth-order valence-corrected chi connectivity index (χ4v) is 6.37. The molecule has 2 aliphatic heterocycles. The first-order valence-corrected chi connectivity index (χ1v) is 17.4. The van der Waals surface area contributed by atoms with Crippen molar-refractivity contribution in [1.29, 1.82) is 0 Å². The molecule has 0 spiro atoms. The summed E-state index contributed by atoms with van der Waals surface area (Å²) in [6.07, 6.45) is 8.97. The average molecular weight is 779 g/mol. The monoisotopic (exact) mass is 776 g/mol. The minimum absolute atomic E-state index is 0.0312. The number of hydrogen-bond donors (Lipinski definition) is 1. The third-order valence-corrected chi connectivity index (χ3v) is 9.36. The molecule has 49 heavy (non-hydrogen) atoms. The van der Waals surface area contributed by atoms with Crippen molar-refractivity contribution in [3.05, 3.63) is 102 Å². The van der Waals surface area contributed by atoms with E-state index >= 15 is 0 Å². The van der Waals surface area contributed by atoms with Gasteiger partial charge in [0.2, 0.25) is 0 Å². The maximum Gasteiger partial charge on any atom is 0.276 e. The van der Waals surface area contributed by atoms with Gasteiger partial charge in [-0.25, -0.2) is 18.1 Å². The van der Waals surface area contributed by atoms with E-state index in [9.17, 15) is 23.5 Å². The van der Waals surface area contributed by atoms with Gasteiger partial charge in [0, 0.05) is 42.7 Å². The van der Waals surface area contributed by atoms with Crippen molar-refractivity contribution in [3.8, 4) is 33.8 Å². The Hall–Kier alpha value is -3.15. The number of hydrogen-bond acceptors (Lipinski definition) is 4. The molecular weight excluding hydrogens is 744 g/mol. The van der Waals surface area contributed by atoms with Gasteiger partial charge in [0.25, 0.3) is 11.1 Å². The Balaban J connectivity index is 0.000000197. The highest BCUT2D eigenvalue weighted by Crippen LogP contribution is 2.37. The van der Waals surface area contributed by atoms with Crippen LogP contribution in [0, 0.1) is 11.6 Å². The summed E-state index contributed by atoms with van der Waals surface area (Å²) in [6.45, 7) is 9.88. The van der Waals surface area contributed by atoms with Gasteiger partial charge in [0.1, 0.15) is 40.0 Å². The first-order valence-electron chi connectivity index (χ1n) is 15.5. The predicted molar refractivity (Wildman–Crippen MR) is 194 cm³/mol. The van der Waals surface area contributed by atoms with Crippen LogP contribution in [0.5, 0.6) is 11.5 Å². The Kier molecular flexibility index (Phi) is 13.6. The average Bonchev–Trinajstić information content (AvgIpc) is 3.48. The Labute approximate surface area is 307 Å². The maximum atomic E-state index is 14.5. The van der Waals surface area contributed by atoms with Gasteiger partial charge in [-0.3, -0.25) is 19.0 Å². The van der Waals surface area contributed by atoms with Gasteiger partial charge in [-0.05, 0) is 63.8 Å². The molecule has 4 heterocycles. The summed E-state index contributed by atoms with van der Waals surface area (Å²) in [5.74, 6) is -1.25. The molecule has 2 aromatic carbocycles. The van der Waals surface area contributed by atoms with Crippen LogP contribution in [0.1, 0.15) is 39.5 Å². The topological polar surface area (TPSA) is 83.3 Å². The molecule has 2 aromatic heterocycles. The molecule has 0 fully saturated rings. The summed E-state index contributed by atoms with van der Waals surface area (Å²) in [5, 5.41) is 10.2. The lowest BCUT2D eigenvalue weighted by Gasteiger charge is -2.17. The number of allylic oxidation sites excluding steroid dienone is 2. The molecule has 264 valence electrons. The van der Waals surface area contributed by atoms with E-state index in [-0.39, 0.29) is 64.9 Å². The van der Waals surface area contributed by atoms with Crippen molar-refractivity contribution in [1.82, 2.24) is 18.7 Å². The fourth-order valence-electron chi connectivity index (χ4n) is 5.30. The Morgan fingerprint density at radius 3 is 1.67 bits per heavy atom. The number of phenolic OH excluding ortho intramolecular Hbond substituents is 1. The van der Waals surface area contributed by atoms with Crippen molar-refractivity contribution >= 4 is 58.0 Å². The minimum Gasteiger partial charge on any atom is -0.506 e. The van der Waals surface area contributed by atoms with Gasteiger partial charge < -0.3 is 9.84 Å². The number of phenols is 1. The van der Waals surface area contributed by atoms with Crippen LogP contribution in [-0.2, 0) is 26.2 Å². The first kappa shape index (κ1) is 38.6. The minimum atomic E-state index is -0.685. The number of halogens is 7. The molecule has 1 N–H and O–H groups in total. The SMILES string of the molecule is C/C=C/COc1cc(-c2c(Cl)n3n(c2=O)CCCC3)c(F)cc1Cl.C=CC(C)Cl.O=c1c(-c2cc(O)c(Cl)cc2F)c(Cl)n2n1CCCC2. The second-order valence-corrected chi connectivity index (χ2v) is 13.4. The summed E-state index contributed by atoms with van der Waals surface area (Å²) >= 11 is 29.6. The number of alkyl halides is 1. The molecule has 8 nitrogen and oxygen atoms in total. The smallest absolute Gasteiger partial charge is 0.276 e. The summed E-state index contributed by atoms with van der Waals surface area (Å²) in [6, 6.07) is 4.70. The van der Waals surface area contributed by atoms with E-state index in [1.807, 2.05) is 19.9 Å². The Morgan fingerprint density at radius 1 is 0.816 bits per heavy atom. The summed E-state index contributed by atoms with van der Waals surface area (Å²) < 4.78 is 40.4. The molecular formula is C34H35Cl5F2N4O4. The van der Waals surface area contributed by atoms with E-state index < -0.39 is 11.6 Å². The quantitative estimate of drug-likeness (QED) is 0.156. The lowest BCUT2D eigenvalue weighted by Crippen LogP contribution is -2.27. The molecule has 0 saturated carbocycles. The van der Waals surface area contributed by atoms with E-state index in [4.69, 9.17) is 62.7 Å². The second-order valence-electron chi connectivity index (χ2n) is 11.2. The van der Waals surface area contributed by atoms with Gasteiger partial charge in [-0.2, -0.15) is 0 Å². The van der Waals surface area contributed by atoms with Gasteiger partial charge in [0.15, 0.2) is 0 Å². The second kappa shape index (κ2) is 17.2. The van der Waals surface area contributed by atoms with Crippen molar-refractivity contribution in [2.75, 3.05) is 6.61 Å². The van der Waals surface area contributed by atoms with E-state index in [0.29, 0.717) is 38.5 Å². The highest BCUT2D eigenvalue weighted by Gasteiger charge is 2.26. The Bertz CT molecular complexity index is 1980. The van der Waals surface area contributed by atoms with Gasteiger partial charge in [-0.1, -0.05) is 64.6 Å². The van der Waals surface area contributed by atoms with Crippen LogP contribution < -0.4 is 15.9 Å². The number of fused-ring (bicyclic) bond motifs is 2. The lowest BCUT2D eigenvalue weighted by molar-refractivity contribution is 0.356. The molecule has 1 atom stereocenters. The van der Waals surface area contributed by atoms with Crippen LogP contribution in [-0.4, -0.2) is 35.8 Å². The lowest BCUT2D eigenvalue weighted by atomic mass is 10.1. The molecule has 1 unspecified atom stereocenters. The molecule has 0 radical (unpaired) electrons. The van der Waals surface area contributed by atoms with Crippen LogP contribution >= 0.6 is 58.0 Å². The van der Waals surface area contributed by atoms with Gasteiger partial charge in [-0.15, -0.1) is 18.2 Å². The molecule has 0 bridgehead atoms. The van der Waals surface area contributed by atoms with E-state index in [1.165, 1.54) is 10.7 Å². The fraction of sp³-hybridized carbons (Fsp3) is 0.353. The largest absolute Gasteiger partial charge is 0.506 e. The summed E-state index contributed by atoms with van der Waals surface area (Å²) in [5.41, 5.74) is -0.340. The van der Waals surface area contributed by atoms with E-state index in [0.717, 1.165) is 43.9 Å². The predicted octanol–water partition coefficient (Wildman–Crippen LogP) is 9.57. The first-order chi connectivity index (χ1) is 23.3. The van der Waals surface area contributed by atoms with Crippen LogP contribution in [0.2, 0.25) is 20.4 Å². The number of rotatable bonds is 6. The van der Waals surface area contributed by atoms with Crippen LogP contribution in [0.15, 0.2) is 58.7 Å². The Morgan fingerprint density at radius 2 is 1.24 bits per heavy atom. The van der Waals surface area contributed by atoms with Crippen molar-refractivity contribution in [3.63, 3.8) is 0 Å². The molecule has 6 rings (SSSR count). The van der Waals surface area contributed by atoms with Crippen molar-refractivity contribution < 1.29 is 18.6 Å². The zero-order valence-electron chi connectivity index (χ0n) is 26.8. The number of aromatic nitrogens is 4. The number of ether oxygens (including phenoxy) is 1. The van der Waals surface area contributed by atoms with E-state index in [1.54, 1.807) is 26.2 Å². The maximum absolute atomic E-state index is 14.5. The van der Waals surface area contributed by atoms with Gasteiger partial charge in [0.05, 0.1) is 21.2 Å². The van der Waals surface area contributed by atoms with E-state index in [2.05, 4.69) is 6.58 Å². The van der Waals surface area contributed by atoms with Gasteiger partial charge >= 0.3 is 0 Å². The van der Waals surface area contributed by atoms with Crippen molar-refractivity contribution in [2.45, 2.75) is 71.1 Å². The standard InChI is InChI=1S/C17H17Cl2FN2O2.C13H11Cl2FN2O2.C4H7Cl/c1-2-3-8-24-14-9-11(13(20)10-12(14)18)15-16(19)21-6-4-5-7-22(21)17(15)23;14-8-6-9(16)7(5-10(8)19)11-12(15)17-3-1-2-4-18(17)13(11)20;1-3-4(2)5/h2-3,9-10H,4-8H2,1H3;5-6,19H,1-4H2;3-4H,1H2,2H3/b3-2+;;. The highest BCUT2D eigenvalue weighted by atomic mass is 35.5. The summed E-state index contributed by atoms with van der Waals surface area (Å²) in [4.78, 5) is 25.0. The molecule has 4 aromatic rings. The number of nitrogens with zero attached hydrogens (tertiary/aromatic N) is 4. The summed E-state index contributed by atoms with van der Waals surface area (Å²) in [7, 11) is 0. The third-order valence-electron chi connectivity index (χ3n) is 7.82. The zero-order chi connectivity index (χ0) is 36.0. The number of benzene rings is 2. The van der Waals surface area contributed by atoms with Crippen molar-refractivity contribution in [2.24, 2.45) is 0 Å². The molecule has 15 heteroatoms. The van der Waals surface area contributed by atoms with Crippen LogP contribution in [0.25, 0.3) is 22.3 Å². The molecule has 2 aliphatic rings.